The van der Waals surface area contributed by atoms with Crippen LogP contribution in [0.5, 0.6) is 0 Å². The molecule has 1 N–H and O–H groups in total. The molecule has 144 valence electrons. The Labute approximate surface area is 161 Å². The van der Waals surface area contributed by atoms with Crippen LogP contribution in [-0.4, -0.2) is 39.1 Å². The van der Waals surface area contributed by atoms with Gasteiger partial charge in [-0.15, -0.1) is 0 Å². The lowest BCUT2D eigenvalue weighted by molar-refractivity contribution is -0.130. The quantitative estimate of drug-likeness (QED) is 0.828. The largest absolute Gasteiger partial charge is 0.376 e. The fourth-order valence-corrected chi connectivity index (χ4v) is 4.52. The standard InChI is InChI=1S/C21H26N2O3S/c1-23(20-13-7-10-16-8-3-5-11-18(16)20)21(24)14-22-19-12-6-4-9-17(19)15-27(2,25)26/h3-6,8-9,11-12,20,22H,7,10,13-15H2,1-2H3. The van der Waals surface area contributed by atoms with Crippen molar-refractivity contribution < 1.29 is 13.2 Å². The summed E-state index contributed by atoms with van der Waals surface area (Å²) in [6, 6.07) is 15.6. The van der Waals surface area contributed by atoms with Crippen LogP contribution < -0.4 is 5.32 Å². The molecule has 0 radical (unpaired) electrons. The first-order chi connectivity index (χ1) is 12.8. The van der Waals surface area contributed by atoms with Crippen LogP contribution in [-0.2, 0) is 26.8 Å². The molecule has 1 atom stereocenters. The van der Waals surface area contributed by atoms with Crippen LogP contribution in [0.1, 0.15) is 35.6 Å². The van der Waals surface area contributed by atoms with Crippen LogP contribution in [0.4, 0.5) is 5.69 Å². The first-order valence-electron chi connectivity index (χ1n) is 9.18. The van der Waals surface area contributed by atoms with Crippen molar-refractivity contribution in [1.29, 1.82) is 0 Å². The summed E-state index contributed by atoms with van der Waals surface area (Å²) >= 11 is 0. The SMILES string of the molecule is CN(C(=O)CNc1ccccc1CS(C)(=O)=O)C1CCCc2ccccc21. The van der Waals surface area contributed by atoms with Crippen molar-refractivity contribution in [3.05, 3.63) is 65.2 Å². The summed E-state index contributed by atoms with van der Waals surface area (Å²) in [6.45, 7) is 0.135. The molecule has 27 heavy (non-hydrogen) atoms. The van der Waals surface area contributed by atoms with Gasteiger partial charge in [0, 0.05) is 19.0 Å². The number of nitrogens with zero attached hydrogens (tertiary/aromatic N) is 1. The first kappa shape index (κ1) is 19.4. The average molecular weight is 387 g/mol. The Kier molecular flexibility index (Phi) is 5.85. The van der Waals surface area contributed by atoms with Gasteiger partial charge in [-0.25, -0.2) is 8.42 Å². The van der Waals surface area contributed by atoms with E-state index in [0.29, 0.717) is 11.3 Å². The molecule has 6 heteroatoms. The molecule has 1 unspecified atom stereocenters. The first-order valence-corrected chi connectivity index (χ1v) is 11.2. The van der Waals surface area contributed by atoms with Crippen molar-refractivity contribution in [2.24, 2.45) is 0 Å². The Morgan fingerprint density at radius 3 is 2.63 bits per heavy atom. The van der Waals surface area contributed by atoms with Crippen molar-refractivity contribution in [2.45, 2.75) is 31.1 Å². The highest BCUT2D eigenvalue weighted by molar-refractivity contribution is 7.89. The van der Waals surface area contributed by atoms with Gasteiger partial charge in [0.2, 0.25) is 5.91 Å². The summed E-state index contributed by atoms with van der Waals surface area (Å²) in [4.78, 5) is 14.6. The molecule has 1 amide bonds. The number of hydrogen-bond acceptors (Lipinski definition) is 4. The van der Waals surface area contributed by atoms with Crippen molar-refractivity contribution in [1.82, 2.24) is 4.90 Å². The van der Waals surface area contributed by atoms with Gasteiger partial charge in [-0.05, 0) is 42.0 Å². The van der Waals surface area contributed by atoms with Gasteiger partial charge in [0.1, 0.15) is 0 Å². The molecule has 2 aromatic carbocycles. The molecule has 5 nitrogen and oxygen atoms in total. The molecule has 0 bridgehead atoms. The molecule has 1 aliphatic carbocycles. The lowest BCUT2D eigenvalue weighted by atomic mass is 9.87. The highest BCUT2D eigenvalue weighted by Crippen LogP contribution is 2.33. The van der Waals surface area contributed by atoms with E-state index >= 15 is 0 Å². The second-order valence-corrected chi connectivity index (χ2v) is 9.33. The number of carbonyl (C=O) groups excluding carboxylic acids is 1. The van der Waals surface area contributed by atoms with Crippen LogP contribution in [0.3, 0.4) is 0 Å². The van der Waals surface area contributed by atoms with Gasteiger partial charge in [0.05, 0.1) is 18.3 Å². The number of sulfone groups is 1. The number of amides is 1. The number of nitrogens with one attached hydrogen (secondary N) is 1. The minimum Gasteiger partial charge on any atom is -0.376 e. The summed E-state index contributed by atoms with van der Waals surface area (Å²) in [5, 5.41) is 3.12. The number of aryl methyl sites for hydroxylation is 1. The Hall–Kier alpha value is -2.34. The van der Waals surface area contributed by atoms with E-state index in [2.05, 4.69) is 17.4 Å². The van der Waals surface area contributed by atoms with E-state index in [-0.39, 0.29) is 24.2 Å². The third-order valence-electron chi connectivity index (χ3n) is 5.06. The average Bonchev–Trinajstić information content (AvgIpc) is 2.65. The monoisotopic (exact) mass is 386 g/mol. The Bertz CT molecular complexity index is 925. The summed E-state index contributed by atoms with van der Waals surface area (Å²) in [5.74, 6) is -0.0539. The molecule has 0 spiro atoms. The Balaban J connectivity index is 1.69. The van der Waals surface area contributed by atoms with Gasteiger partial charge >= 0.3 is 0 Å². The number of carbonyl (C=O) groups is 1. The fraction of sp³-hybridized carbons (Fsp3) is 0.381. The van der Waals surface area contributed by atoms with Gasteiger partial charge < -0.3 is 10.2 Å². The molecule has 2 aromatic rings. The smallest absolute Gasteiger partial charge is 0.242 e. The molecular weight excluding hydrogens is 360 g/mol. The van der Waals surface area contributed by atoms with Crippen LogP contribution >= 0.6 is 0 Å². The topological polar surface area (TPSA) is 66.5 Å². The summed E-state index contributed by atoms with van der Waals surface area (Å²) in [5.41, 5.74) is 3.92. The molecule has 0 heterocycles. The minimum absolute atomic E-state index is 0.00846. The van der Waals surface area contributed by atoms with Crippen molar-refractivity contribution in [3.63, 3.8) is 0 Å². The highest BCUT2D eigenvalue weighted by atomic mass is 32.2. The van der Waals surface area contributed by atoms with Gasteiger partial charge in [-0.1, -0.05) is 42.5 Å². The lowest BCUT2D eigenvalue weighted by Crippen LogP contribution is -2.37. The molecule has 3 rings (SSSR count). The van der Waals surface area contributed by atoms with Gasteiger partial charge in [-0.3, -0.25) is 4.79 Å². The zero-order chi connectivity index (χ0) is 19.4. The van der Waals surface area contributed by atoms with E-state index < -0.39 is 9.84 Å². The van der Waals surface area contributed by atoms with Gasteiger partial charge in [-0.2, -0.15) is 0 Å². The zero-order valence-corrected chi connectivity index (χ0v) is 16.6. The summed E-state index contributed by atoms with van der Waals surface area (Å²) in [6.07, 6.45) is 4.31. The predicted octanol–water partition coefficient (Wildman–Crippen LogP) is 3.18. The van der Waals surface area contributed by atoms with Crippen molar-refractivity contribution in [3.8, 4) is 0 Å². The fourth-order valence-electron chi connectivity index (χ4n) is 3.70. The van der Waals surface area contributed by atoms with Crippen LogP contribution in [0.15, 0.2) is 48.5 Å². The molecule has 0 saturated carbocycles. The highest BCUT2D eigenvalue weighted by Gasteiger charge is 2.26. The Morgan fingerprint density at radius 1 is 1.15 bits per heavy atom. The molecule has 0 aliphatic heterocycles. The number of hydrogen-bond donors (Lipinski definition) is 1. The molecular formula is C21H26N2O3S. The third kappa shape index (κ3) is 4.89. The van der Waals surface area contributed by atoms with Crippen molar-refractivity contribution in [2.75, 3.05) is 25.2 Å². The van der Waals surface area contributed by atoms with E-state index in [4.69, 9.17) is 0 Å². The number of rotatable bonds is 6. The second kappa shape index (κ2) is 8.13. The second-order valence-electron chi connectivity index (χ2n) is 7.19. The number of benzene rings is 2. The number of likely N-dealkylation sites (N-methyl/N-ethyl adjacent to an activating group) is 1. The maximum atomic E-state index is 12.8. The van der Waals surface area contributed by atoms with Gasteiger partial charge in [0.15, 0.2) is 9.84 Å². The minimum atomic E-state index is -3.14. The normalized spacial score (nSPS) is 16.4. The van der Waals surface area contributed by atoms with E-state index in [1.807, 2.05) is 36.2 Å². The third-order valence-corrected chi connectivity index (χ3v) is 5.90. The molecule has 1 aliphatic rings. The number of fused-ring (bicyclic) bond motifs is 1. The molecule has 0 fully saturated rings. The maximum Gasteiger partial charge on any atom is 0.242 e. The van der Waals surface area contributed by atoms with Crippen LogP contribution in [0.2, 0.25) is 0 Å². The molecule has 0 aromatic heterocycles. The zero-order valence-electron chi connectivity index (χ0n) is 15.8. The number of anilines is 1. The predicted molar refractivity (Wildman–Crippen MR) is 108 cm³/mol. The van der Waals surface area contributed by atoms with Crippen LogP contribution in [0.25, 0.3) is 0 Å². The summed E-state index contributed by atoms with van der Waals surface area (Å²) in [7, 11) is -1.29. The maximum absolute atomic E-state index is 12.8. The molecule has 0 saturated heterocycles. The summed E-state index contributed by atoms with van der Waals surface area (Å²) < 4.78 is 23.2. The van der Waals surface area contributed by atoms with Crippen LogP contribution in [0, 0.1) is 0 Å². The van der Waals surface area contributed by atoms with E-state index in [9.17, 15) is 13.2 Å². The van der Waals surface area contributed by atoms with Gasteiger partial charge in [0.25, 0.3) is 0 Å². The van der Waals surface area contributed by atoms with E-state index in [1.54, 1.807) is 12.1 Å². The number of para-hydroxylation sites is 1. The lowest BCUT2D eigenvalue weighted by Gasteiger charge is -2.33. The Morgan fingerprint density at radius 2 is 1.85 bits per heavy atom. The van der Waals surface area contributed by atoms with E-state index in [0.717, 1.165) is 19.3 Å². The van der Waals surface area contributed by atoms with E-state index in [1.165, 1.54) is 17.4 Å². The van der Waals surface area contributed by atoms with Crippen molar-refractivity contribution >= 4 is 21.4 Å².